The van der Waals surface area contributed by atoms with Gasteiger partial charge in [-0.3, -0.25) is 0 Å². The Labute approximate surface area is 171 Å². The van der Waals surface area contributed by atoms with E-state index < -0.39 is 0 Å². The molecule has 0 radical (unpaired) electrons. The third kappa shape index (κ3) is 3.63. The minimum Gasteiger partial charge on any atom is -0.480 e. The molecule has 7 nitrogen and oxygen atoms in total. The molecule has 0 bridgehead atoms. The maximum Gasteiger partial charge on any atom is 0.230 e. The Morgan fingerprint density at radius 2 is 1.93 bits per heavy atom. The Morgan fingerprint density at radius 1 is 1.15 bits per heavy atom. The molecule has 0 saturated carbocycles. The van der Waals surface area contributed by atoms with E-state index in [1.807, 2.05) is 23.0 Å². The Kier molecular flexibility index (Phi) is 5.25. The highest BCUT2D eigenvalue weighted by Crippen LogP contribution is 2.28. The Hall–Kier alpha value is -1.84. The summed E-state index contributed by atoms with van der Waals surface area (Å²) >= 11 is 5.29. The second-order valence-corrected chi connectivity index (χ2v) is 8.17. The highest BCUT2D eigenvalue weighted by molar-refractivity contribution is 9.10. The number of fused-ring (bicyclic) bond motifs is 1. The summed E-state index contributed by atoms with van der Waals surface area (Å²) < 4.78 is 10.8. The van der Waals surface area contributed by atoms with Gasteiger partial charge in [0.1, 0.15) is 5.39 Å². The van der Waals surface area contributed by atoms with E-state index in [9.17, 15) is 0 Å². The lowest BCUT2D eigenvalue weighted by molar-refractivity contribution is 0.398. The van der Waals surface area contributed by atoms with Crippen molar-refractivity contribution < 1.29 is 4.74 Å². The van der Waals surface area contributed by atoms with Crippen LogP contribution in [-0.4, -0.2) is 63.6 Å². The lowest BCUT2D eigenvalue weighted by atomic mass is 10.2. The van der Waals surface area contributed by atoms with Crippen LogP contribution in [0.2, 0.25) is 0 Å². The van der Waals surface area contributed by atoms with Crippen LogP contribution in [0.1, 0.15) is 5.56 Å². The van der Waals surface area contributed by atoms with E-state index in [2.05, 4.69) is 49.4 Å². The fraction of sp³-hybridized carbons (Fsp3) is 0.389. The Balaban J connectivity index is 1.72. The number of ether oxygens (including phenoxy) is 1. The predicted molar refractivity (Wildman–Crippen MR) is 113 cm³/mol. The topological polar surface area (TPSA) is 59.3 Å². The second-order valence-electron chi connectivity index (χ2n) is 6.37. The standard InChI is InChI=1S/C18H21BrN6OS/c1-12-10-13(19)4-5-15(12)25-11-14-16(22-25)20-18(21-17(14)26-2)23-6-8-24(27-3)9-7-23/h4-5,10-11H,6-9H2,1-3H3. The molecule has 3 aromatic rings. The molecular weight excluding hydrogens is 428 g/mol. The summed E-state index contributed by atoms with van der Waals surface area (Å²) in [6.07, 6.45) is 4.04. The molecule has 1 aromatic carbocycles. The first kappa shape index (κ1) is 18.5. The molecule has 0 amide bonds. The van der Waals surface area contributed by atoms with Gasteiger partial charge in [-0.05, 0) is 36.9 Å². The number of anilines is 1. The van der Waals surface area contributed by atoms with Crippen LogP contribution < -0.4 is 9.64 Å². The number of nitrogens with zero attached hydrogens (tertiary/aromatic N) is 6. The molecule has 27 heavy (non-hydrogen) atoms. The molecule has 1 aliphatic rings. The van der Waals surface area contributed by atoms with Gasteiger partial charge >= 0.3 is 0 Å². The molecule has 4 rings (SSSR count). The van der Waals surface area contributed by atoms with Crippen LogP contribution >= 0.6 is 27.9 Å². The van der Waals surface area contributed by atoms with Crippen molar-refractivity contribution in [3.63, 3.8) is 0 Å². The average Bonchev–Trinajstić information content (AvgIpc) is 3.11. The first-order valence-corrected chi connectivity index (χ1v) is 10.7. The van der Waals surface area contributed by atoms with E-state index in [1.165, 1.54) is 0 Å². The second kappa shape index (κ2) is 7.65. The van der Waals surface area contributed by atoms with E-state index in [-0.39, 0.29) is 0 Å². The quantitative estimate of drug-likeness (QED) is 0.567. The lowest BCUT2D eigenvalue weighted by Crippen LogP contribution is -2.44. The first-order chi connectivity index (χ1) is 13.1. The summed E-state index contributed by atoms with van der Waals surface area (Å²) in [5, 5.41) is 5.51. The van der Waals surface area contributed by atoms with Crippen molar-refractivity contribution in [1.82, 2.24) is 24.1 Å². The van der Waals surface area contributed by atoms with Crippen LogP contribution in [0, 0.1) is 6.92 Å². The molecule has 1 aliphatic heterocycles. The van der Waals surface area contributed by atoms with Crippen LogP contribution in [0.25, 0.3) is 16.7 Å². The van der Waals surface area contributed by atoms with Crippen LogP contribution in [0.3, 0.4) is 0 Å². The van der Waals surface area contributed by atoms with Crippen LogP contribution in [0.4, 0.5) is 5.95 Å². The van der Waals surface area contributed by atoms with Gasteiger partial charge in [0.15, 0.2) is 5.65 Å². The number of rotatable bonds is 4. The minimum atomic E-state index is 0.559. The molecule has 2 aromatic heterocycles. The smallest absolute Gasteiger partial charge is 0.230 e. The Bertz CT molecular complexity index is 970. The molecule has 1 saturated heterocycles. The zero-order valence-electron chi connectivity index (χ0n) is 15.5. The zero-order chi connectivity index (χ0) is 19.0. The van der Waals surface area contributed by atoms with Crippen molar-refractivity contribution in [1.29, 1.82) is 0 Å². The summed E-state index contributed by atoms with van der Waals surface area (Å²) in [6.45, 7) is 5.81. The number of methoxy groups -OCH3 is 1. The highest BCUT2D eigenvalue weighted by Gasteiger charge is 2.21. The third-order valence-corrected chi connectivity index (χ3v) is 6.09. The van der Waals surface area contributed by atoms with E-state index >= 15 is 0 Å². The summed E-state index contributed by atoms with van der Waals surface area (Å²) in [5.74, 6) is 1.24. The maximum atomic E-state index is 5.55. The monoisotopic (exact) mass is 448 g/mol. The van der Waals surface area contributed by atoms with Crippen molar-refractivity contribution in [2.75, 3.05) is 44.4 Å². The molecule has 0 aliphatic carbocycles. The van der Waals surface area contributed by atoms with Gasteiger partial charge in [-0.1, -0.05) is 27.9 Å². The number of piperazine rings is 1. The molecule has 0 N–H and O–H groups in total. The number of hydrogen-bond acceptors (Lipinski definition) is 7. The number of benzene rings is 1. The van der Waals surface area contributed by atoms with Gasteiger partial charge in [0.05, 0.1) is 12.8 Å². The summed E-state index contributed by atoms with van der Waals surface area (Å²) in [4.78, 5) is 11.6. The first-order valence-electron chi connectivity index (χ1n) is 8.71. The molecular formula is C18H21BrN6OS. The molecule has 0 unspecified atom stereocenters. The predicted octanol–water partition coefficient (Wildman–Crippen LogP) is 3.30. The zero-order valence-corrected chi connectivity index (χ0v) is 17.9. The maximum absolute atomic E-state index is 5.55. The van der Waals surface area contributed by atoms with Crippen LogP contribution in [-0.2, 0) is 0 Å². The minimum absolute atomic E-state index is 0.559. The largest absolute Gasteiger partial charge is 0.480 e. The van der Waals surface area contributed by atoms with Crippen molar-refractivity contribution in [2.45, 2.75) is 6.92 Å². The van der Waals surface area contributed by atoms with Crippen molar-refractivity contribution in [3.8, 4) is 11.6 Å². The van der Waals surface area contributed by atoms with Gasteiger partial charge in [0, 0.05) is 36.8 Å². The molecule has 0 spiro atoms. The fourth-order valence-corrected chi connectivity index (χ4v) is 4.24. The van der Waals surface area contributed by atoms with Gasteiger partial charge < -0.3 is 9.64 Å². The highest BCUT2D eigenvalue weighted by atomic mass is 79.9. The van der Waals surface area contributed by atoms with E-state index in [4.69, 9.17) is 14.8 Å². The van der Waals surface area contributed by atoms with Crippen molar-refractivity contribution >= 4 is 44.9 Å². The summed E-state index contributed by atoms with van der Waals surface area (Å²) in [7, 11) is 1.64. The van der Waals surface area contributed by atoms with Gasteiger partial charge in [0.25, 0.3) is 0 Å². The fourth-order valence-electron chi connectivity index (χ4n) is 3.24. The molecule has 9 heteroatoms. The van der Waals surface area contributed by atoms with Gasteiger partial charge in [-0.2, -0.15) is 9.97 Å². The average molecular weight is 449 g/mol. The normalized spacial score (nSPS) is 15.5. The molecule has 1 fully saturated rings. The lowest BCUT2D eigenvalue weighted by Gasteiger charge is -2.33. The van der Waals surface area contributed by atoms with Gasteiger partial charge in [0.2, 0.25) is 11.8 Å². The van der Waals surface area contributed by atoms with Crippen LogP contribution in [0.5, 0.6) is 5.88 Å². The number of aromatic nitrogens is 4. The van der Waals surface area contributed by atoms with E-state index in [0.29, 0.717) is 17.5 Å². The molecule has 0 atom stereocenters. The van der Waals surface area contributed by atoms with Crippen molar-refractivity contribution in [2.24, 2.45) is 0 Å². The number of aryl methyl sites for hydroxylation is 1. The Morgan fingerprint density at radius 3 is 2.59 bits per heavy atom. The number of halogens is 1. The SMILES string of the molecule is COc1nc(N2CCN(SC)CC2)nc2nn(-c3ccc(Br)cc3C)cc12. The third-order valence-electron chi connectivity index (χ3n) is 4.71. The van der Waals surface area contributed by atoms with E-state index in [1.54, 1.807) is 19.1 Å². The van der Waals surface area contributed by atoms with Crippen molar-refractivity contribution in [3.05, 3.63) is 34.4 Å². The summed E-state index contributed by atoms with van der Waals surface area (Å²) in [6, 6.07) is 6.11. The molecule has 142 valence electrons. The van der Waals surface area contributed by atoms with Gasteiger partial charge in [-0.25, -0.2) is 8.99 Å². The number of hydrogen-bond donors (Lipinski definition) is 0. The van der Waals surface area contributed by atoms with Gasteiger partial charge in [-0.15, -0.1) is 5.10 Å². The molecule has 3 heterocycles. The van der Waals surface area contributed by atoms with Crippen LogP contribution in [0.15, 0.2) is 28.9 Å². The summed E-state index contributed by atoms with van der Waals surface area (Å²) in [5.41, 5.74) is 2.78. The van der Waals surface area contributed by atoms with E-state index in [0.717, 1.165) is 47.3 Å².